The second kappa shape index (κ2) is 4.19. The highest BCUT2D eigenvalue weighted by Gasteiger charge is 2.09. The molecule has 0 radical (unpaired) electrons. The Morgan fingerprint density at radius 2 is 2.15 bits per heavy atom. The van der Waals surface area contributed by atoms with Crippen LogP contribution in [0, 0.1) is 5.82 Å². The van der Waals surface area contributed by atoms with E-state index in [-0.39, 0.29) is 11.9 Å². The molecule has 1 aromatic rings. The van der Waals surface area contributed by atoms with E-state index in [2.05, 4.69) is 6.58 Å². The summed E-state index contributed by atoms with van der Waals surface area (Å²) >= 11 is 0. The Balaban J connectivity index is 2.82. The summed E-state index contributed by atoms with van der Waals surface area (Å²) in [5, 5.41) is 0. The van der Waals surface area contributed by atoms with Crippen LogP contribution in [0.2, 0.25) is 0 Å². The number of halogens is 1. The molecule has 0 spiro atoms. The van der Waals surface area contributed by atoms with Crippen molar-refractivity contribution in [2.24, 2.45) is 5.73 Å². The zero-order valence-corrected chi connectivity index (χ0v) is 7.76. The Labute approximate surface area is 78.1 Å². The van der Waals surface area contributed by atoms with Gasteiger partial charge in [-0.15, -0.1) is 6.58 Å². The van der Waals surface area contributed by atoms with Crippen LogP contribution in [-0.4, -0.2) is 0 Å². The van der Waals surface area contributed by atoms with Crippen LogP contribution in [0.1, 0.15) is 24.9 Å². The van der Waals surface area contributed by atoms with Crippen molar-refractivity contribution in [1.29, 1.82) is 0 Å². The summed E-state index contributed by atoms with van der Waals surface area (Å²) in [6, 6.07) is 6.30. The summed E-state index contributed by atoms with van der Waals surface area (Å²) < 4.78 is 13.2. The highest BCUT2D eigenvalue weighted by atomic mass is 19.1. The van der Waals surface area contributed by atoms with E-state index in [4.69, 9.17) is 5.73 Å². The third-order valence-corrected chi connectivity index (χ3v) is 1.87. The average Bonchev–Trinajstić information content (AvgIpc) is 2.03. The average molecular weight is 179 g/mol. The molecule has 70 valence electrons. The molecule has 0 heterocycles. The van der Waals surface area contributed by atoms with Crippen LogP contribution < -0.4 is 5.73 Å². The van der Waals surface area contributed by atoms with Gasteiger partial charge < -0.3 is 5.73 Å². The van der Waals surface area contributed by atoms with Crippen molar-refractivity contribution in [2.45, 2.75) is 19.4 Å². The van der Waals surface area contributed by atoms with E-state index in [9.17, 15) is 4.39 Å². The predicted molar refractivity (Wildman–Crippen MR) is 52.8 cm³/mol. The monoisotopic (exact) mass is 179 g/mol. The first-order valence-electron chi connectivity index (χ1n) is 4.25. The van der Waals surface area contributed by atoms with Crippen molar-refractivity contribution in [3.05, 3.63) is 47.8 Å². The van der Waals surface area contributed by atoms with E-state index in [1.165, 1.54) is 6.07 Å². The molecular weight excluding hydrogens is 165 g/mol. The first kappa shape index (κ1) is 9.93. The summed E-state index contributed by atoms with van der Waals surface area (Å²) in [5.74, 6) is -0.240. The zero-order chi connectivity index (χ0) is 9.84. The fourth-order valence-electron chi connectivity index (χ4n) is 1.26. The van der Waals surface area contributed by atoms with Gasteiger partial charge in [0.25, 0.3) is 0 Å². The molecule has 0 aromatic heterocycles. The van der Waals surface area contributed by atoms with Gasteiger partial charge in [0.05, 0.1) is 0 Å². The van der Waals surface area contributed by atoms with E-state index in [1.54, 1.807) is 18.2 Å². The molecule has 0 aliphatic heterocycles. The molecule has 0 aliphatic carbocycles. The van der Waals surface area contributed by atoms with Crippen molar-refractivity contribution >= 4 is 0 Å². The van der Waals surface area contributed by atoms with Crippen molar-refractivity contribution in [3.63, 3.8) is 0 Å². The number of benzene rings is 1. The maximum atomic E-state index is 13.2. The molecule has 0 saturated heterocycles. The molecule has 0 saturated carbocycles. The fourth-order valence-corrected chi connectivity index (χ4v) is 1.26. The Morgan fingerprint density at radius 1 is 1.54 bits per heavy atom. The highest BCUT2D eigenvalue weighted by molar-refractivity contribution is 5.22. The largest absolute Gasteiger partial charge is 0.324 e. The summed E-state index contributed by atoms with van der Waals surface area (Å²) in [4.78, 5) is 0. The van der Waals surface area contributed by atoms with Gasteiger partial charge in [-0.3, -0.25) is 0 Å². The fraction of sp³-hybridized carbons (Fsp3) is 0.273. The summed E-state index contributed by atoms with van der Waals surface area (Å²) in [6.07, 6.45) is 0.626. The second-order valence-electron chi connectivity index (χ2n) is 3.29. The van der Waals surface area contributed by atoms with E-state index in [0.29, 0.717) is 12.0 Å². The van der Waals surface area contributed by atoms with Gasteiger partial charge in [0.1, 0.15) is 5.82 Å². The Kier molecular flexibility index (Phi) is 3.20. The molecule has 0 bridgehead atoms. The highest BCUT2D eigenvalue weighted by Crippen LogP contribution is 2.19. The molecule has 2 heteroatoms. The van der Waals surface area contributed by atoms with Gasteiger partial charge in [-0.25, -0.2) is 4.39 Å². The third-order valence-electron chi connectivity index (χ3n) is 1.87. The topological polar surface area (TPSA) is 26.0 Å². The molecule has 2 N–H and O–H groups in total. The first-order chi connectivity index (χ1) is 6.11. The predicted octanol–water partition coefficient (Wildman–Crippen LogP) is 2.79. The van der Waals surface area contributed by atoms with Gasteiger partial charge in [-0.2, -0.15) is 0 Å². The van der Waals surface area contributed by atoms with Crippen LogP contribution in [0.3, 0.4) is 0 Å². The Bertz CT molecular complexity index is 307. The number of hydrogen-bond acceptors (Lipinski definition) is 1. The lowest BCUT2D eigenvalue weighted by Crippen LogP contribution is -2.12. The molecule has 0 unspecified atom stereocenters. The standard InChI is InChI=1S/C11H14FN/c1-8(2)7-11(13)9-5-3-4-6-10(9)12/h3-6,11H,1,7,13H2,2H3/t11-/m0/s1. The van der Waals surface area contributed by atoms with Crippen LogP contribution in [0.4, 0.5) is 4.39 Å². The van der Waals surface area contributed by atoms with Gasteiger partial charge in [0.15, 0.2) is 0 Å². The number of nitrogens with two attached hydrogens (primary N) is 1. The van der Waals surface area contributed by atoms with Crippen LogP contribution in [0.5, 0.6) is 0 Å². The van der Waals surface area contributed by atoms with Crippen LogP contribution in [0.15, 0.2) is 36.4 Å². The van der Waals surface area contributed by atoms with E-state index in [0.717, 1.165) is 5.57 Å². The van der Waals surface area contributed by atoms with E-state index in [1.807, 2.05) is 6.92 Å². The molecule has 1 nitrogen and oxygen atoms in total. The molecule has 0 aliphatic rings. The van der Waals surface area contributed by atoms with Crippen LogP contribution >= 0.6 is 0 Å². The second-order valence-corrected chi connectivity index (χ2v) is 3.29. The Hall–Kier alpha value is -1.15. The molecule has 13 heavy (non-hydrogen) atoms. The van der Waals surface area contributed by atoms with Crippen molar-refractivity contribution in [2.75, 3.05) is 0 Å². The third kappa shape index (κ3) is 2.67. The maximum absolute atomic E-state index is 13.2. The molecule has 1 atom stereocenters. The lowest BCUT2D eigenvalue weighted by atomic mass is 10.0. The summed E-state index contributed by atoms with van der Waals surface area (Å²) in [6.45, 7) is 5.64. The minimum atomic E-state index is -0.279. The van der Waals surface area contributed by atoms with E-state index >= 15 is 0 Å². The lowest BCUT2D eigenvalue weighted by molar-refractivity contribution is 0.580. The van der Waals surface area contributed by atoms with Gasteiger partial charge in [0, 0.05) is 11.6 Å². The molecule has 1 rings (SSSR count). The number of hydrogen-bond donors (Lipinski definition) is 1. The Morgan fingerprint density at radius 3 is 2.69 bits per heavy atom. The molecular formula is C11H14FN. The van der Waals surface area contributed by atoms with Crippen molar-refractivity contribution in [3.8, 4) is 0 Å². The molecule has 0 fully saturated rings. The SMILES string of the molecule is C=C(C)C[C@H](N)c1ccccc1F. The minimum Gasteiger partial charge on any atom is -0.324 e. The van der Waals surface area contributed by atoms with Crippen LogP contribution in [0.25, 0.3) is 0 Å². The molecule has 0 amide bonds. The van der Waals surface area contributed by atoms with E-state index < -0.39 is 0 Å². The quantitative estimate of drug-likeness (QED) is 0.709. The van der Waals surface area contributed by atoms with Gasteiger partial charge >= 0.3 is 0 Å². The smallest absolute Gasteiger partial charge is 0.127 e. The van der Waals surface area contributed by atoms with Gasteiger partial charge in [-0.05, 0) is 19.4 Å². The van der Waals surface area contributed by atoms with Crippen molar-refractivity contribution < 1.29 is 4.39 Å². The normalized spacial score (nSPS) is 12.5. The minimum absolute atomic E-state index is 0.240. The summed E-state index contributed by atoms with van der Waals surface area (Å²) in [7, 11) is 0. The summed E-state index contributed by atoms with van der Waals surface area (Å²) in [5.41, 5.74) is 7.32. The van der Waals surface area contributed by atoms with Crippen LogP contribution in [-0.2, 0) is 0 Å². The lowest BCUT2D eigenvalue weighted by Gasteiger charge is -2.12. The molecule has 1 aromatic carbocycles. The van der Waals surface area contributed by atoms with Gasteiger partial charge in [-0.1, -0.05) is 23.8 Å². The van der Waals surface area contributed by atoms with Gasteiger partial charge in [0.2, 0.25) is 0 Å². The number of rotatable bonds is 3. The zero-order valence-electron chi connectivity index (χ0n) is 7.76. The first-order valence-corrected chi connectivity index (χ1v) is 4.25. The van der Waals surface area contributed by atoms with Crippen molar-refractivity contribution in [1.82, 2.24) is 0 Å². The maximum Gasteiger partial charge on any atom is 0.127 e.